The van der Waals surface area contributed by atoms with E-state index in [4.69, 9.17) is 4.74 Å². The summed E-state index contributed by atoms with van der Waals surface area (Å²) >= 11 is 3.45. The molecule has 1 aromatic carbocycles. The van der Waals surface area contributed by atoms with E-state index < -0.39 is 0 Å². The Balaban J connectivity index is 2.45. The van der Waals surface area contributed by atoms with E-state index in [9.17, 15) is 0 Å². The molecule has 0 saturated heterocycles. The van der Waals surface area contributed by atoms with Gasteiger partial charge in [0.1, 0.15) is 5.75 Å². The van der Waals surface area contributed by atoms with E-state index in [0.717, 1.165) is 35.4 Å². The molecule has 4 heteroatoms. The molecule has 0 amide bonds. The fourth-order valence-electron chi connectivity index (χ4n) is 1.27. The molecule has 3 nitrogen and oxygen atoms in total. The molecule has 0 bridgehead atoms. The molecule has 15 heavy (non-hydrogen) atoms. The fraction of sp³-hybridized carbons (Fsp3) is 0.455. The maximum atomic E-state index is 5.16. The molecule has 0 spiro atoms. The summed E-state index contributed by atoms with van der Waals surface area (Å²) in [5.41, 5.74) is 1.11. The lowest BCUT2D eigenvalue weighted by molar-refractivity contribution is 0.412. The lowest BCUT2D eigenvalue weighted by atomic mass is 10.3. The minimum Gasteiger partial charge on any atom is -0.496 e. The summed E-state index contributed by atoms with van der Waals surface area (Å²) in [5.74, 6) is 0.857. The Labute approximate surface area is 99.3 Å². The van der Waals surface area contributed by atoms with Crippen molar-refractivity contribution in [3.63, 3.8) is 0 Å². The summed E-state index contributed by atoms with van der Waals surface area (Å²) < 4.78 is 6.13. The molecule has 1 rings (SSSR count). The first-order chi connectivity index (χ1) is 7.27. The van der Waals surface area contributed by atoms with Gasteiger partial charge in [-0.1, -0.05) is 0 Å². The van der Waals surface area contributed by atoms with Crippen LogP contribution in [0, 0.1) is 0 Å². The second-order valence-corrected chi connectivity index (χ2v) is 4.09. The van der Waals surface area contributed by atoms with Crippen LogP contribution in [-0.2, 0) is 0 Å². The Morgan fingerprint density at radius 3 is 2.73 bits per heavy atom. The zero-order valence-corrected chi connectivity index (χ0v) is 10.7. The maximum absolute atomic E-state index is 5.16. The normalized spacial score (nSPS) is 10.1. The molecule has 0 heterocycles. The van der Waals surface area contributed by atoms with Crippen molar-refractivity contribution in [1.29, 1.82) is 0 Å². The molecule has 1 aromatic rings. The second-order valence-electron chi connectivity index (χ2n) is 3.23. The lowest BCUT2D eigenvalue weighted by Crippen LogP contribution is -2.12. The summed E-state index contributed by atoms with van der Waals surface area (Å²) in [5, 5.41) is 6.46. The van der Waals surface area contributed by atoms with E-state index in [1.165, 1.54) is 0 Å². The van der Waals surface area contributed by atoms with Crippen LogP contribution < -0.4 is 15.4 Å². The smallest absolute Gasteiger partial charge is 0.133 e. The Bertz CT molecular complexity index is 305. The van der Waals surface area contributed by atoms with Crippen molar-refractivity contribution in [2.24, 2.45) is 0 Å². The monoisotopic (exact) mass is 272 g/mol. The van der Waals surface area contributed by atoms with Crippen molar-refractivity contribution in [1.82, 2.24) is 5.32 Å². The van der Waals surface area contributed by atoms with Gasteiger partial charge in [0.15, 0.2) is 0 Å². The number of methoxy groups -OCH3 is 1. The first-order valence-corrected chi connectivity index (χ1v) is 5.79. The molecule has 0 aliphatic heterocycles. The second kappa shape index (κ2) is 6.69. The average molecular weight is 273 g/mol. The maximum Gasteiger partial charge on any atom is 0.133 e. The highest BCUT2D eigenvalue weighted by Gasteiger charge is 2.00. The first-order valence-electron chi connectivity index (χ1n) is 5.00. The Hall–Kier alpha value is -0.740. The molecule has 0 aliphatic carbocycles. The lowest BCUT2D eigenvalue weighted by Gasteiger charge is -2.08. The molecular weight excluding hydrogens is 256 g/mol. The third-order valence-corrected chi connectivity index (χ3v) is 2.70. The van der Waals surface area contributed by atoms with E-state index >= 15 is 0 Å². The van der Waals surface area contributed by atoms with E-state index in [0.29, 0.717) is 0 Å². The van der Waals surface area contributed by atoms with E-state index in [1.54, 1.807) is 7.11 Å². The molecule has 0 radical (unpaired) electrons. The number of anilines is 1. The molecule has 0 saturated carbocycles. The van der Waals surface area contributed by atoms with Gasteiger partial charge < -0.3 is 15.4 Å². The number of rotatable bonds is 6. The van der Waals surface area contributed by atoms with Crippen molar-refractivity contribution >= 4 is 21.6 Å². The van der Waals surface area contributed by atoms with Crippen LogP contribution in [-0.4, -0.2) is 27.2 Å². The highest BCUT2D eigenvalue weighted by molar-refractivity contribution is 9.10. The average Bonchev–Trinajstić information content (AvgIpc) is 2.25. The third kappa shape index (κ3) is 4.10. The van der Waals surface area contributed by atoms with Crippen LogP contribution in [0.5, 0.6) is 5.75 Å². The van der Waals surface area contributed by atoms with Gasteiger partial charge in [-0.05, 0) is 54.1 Å². The highest BCUT2D eigenvalue weighted by atomic mass is 79.9. The molecule has 0 fully saturated rings. The molecule has 0 aliphatic rings. The summed E-state index contributed by atoms with van der Waals surface area (Å²) in [4.78, 5) is 0. The standard InChI is InChI=1S/C11H17BrN2O/c1-13-6-3-7-14-9-4-5-11(15-2)10(12)8-9/h4-5,8,13-14H,3,6-7H2,1-2H3. The zero-order chi connectivity index (χ0) is 11.1. The topological polar surface area (TPSA) is 33.3 Å². The number of hydrogen-bond acceptors (Lipinski definition) is 3. The van der Waals surface area contributed by atoms with Crippen LogP contribution in [0.15, 0.2) is 22.7 Å². The molecule has 2 N–H and O–H groups in total. The SMILES string of the molecule is CNCCCNc1ccc(OC)c(Br)c1. The van der Waals surface area contributed by atoms with Crippen molar-refractivity contribution < 1.29 is 4.74 Å². The van der Waals surface area contributed by atoms with Gasteiger partial charge >= 0.3 is 0 Å². The van der Waals surface area contributed by atoms with Crippen LogP contribution in [0.25, 0.3) is 0 Å². The number of hydrogen-bond donors (Lipinski definition) is 2. The van der Waals surface area contributed by atoms with Gasteiger partial charge in [-0.2, -0.15) is 0 Å². The number of halogens is 1. The molecule has 0 unspecified atom stereocenters. The van der Waals surface area contributed by atoms with Crippen molar-refractivity contribution in [3.05, 3.63) is 22.7 Å². The highest BCUT2D eigenvalue weighted by Crippen LogP contribution is 2.27. The minimum atomic E-state index is 0.857. The fourth-order valence-corrected chi connectivity index (χ4v) is 1.81. The molecule has 0 aromatic heterocycles. The van der Waals surface area contributed by atoms with Crippen LogP contribution >= 0.6 is 15.9 Å². The van der Waals surface area contributed by atoms with Gasteiger partial charge in [0, 0.05) is 12.2 Å². The van der Waals surface area contributed by atoms with E-state index in [-0.39, 0.29) is 0 Å². The zero-order valence-electron chi connectivity index (χ0n) is 9.14. The van der Waals surface area contributed by atoms with Crippen LogP contribution in [0.1, 0.15) is 6.42 Å². The van der Waals surface area contributed by atoms with Crippen molar-refractivity contribution in [2.75, 3.05) is 32.6 Å². The number of benzene rings is 1. The summed E-state index contributed by atoms with van der Waals surface area (Å²) in [6.07, 6.45) is 1.11. The quantitative estimate of drug-likeness (QED) is 0.781. The molecule has 0 atom stereocenters. The Morgan fingerprint density at radius 1 is 1.33 bits per heavy atom. The number of nitrogens with one attached hydrogen (secondary N) is 2. The largest absolute Gasteiger partial charge is 0.496 e. The predicted molar refractivity (Wildman–Crippen MR) is 67.7 cm³/mol. The summed E-state index contributed by atoms with van der Waals surface area (Å²) in [7, 11) is 3.63. The molecule has 84 valence electrons. The van der Waals surface area contributed by atoms with Crippen molar-refractivity contribution in [2.45, 2.75) is 6.42 Å². The molecular formula is C11H17BrN2O. The van der Waals surface area contributed by atoms with Gasteiger partial charge in [-0.3, -0.25) is 0 Å². The first kappa shape index (κ1) is 12.3. The van der Waals surface area contributed by atoms with Crippen LogP contribution in [0.2, 0.25) is 0 Å². The van der Waals surface area contributed by atoms with Gasteiger partial charge in [0.25, 0.3) is 0 Å². The summed E-state index contributed by atoms with van der Waals surface area (Å²) in [6, 6.07) is 5.99. The van der Waals surface area contributed by atoms with E-state index in [2.05, 4.69) is 26.6 Å². The third-order valence-electron chi connectivity index (χ3n) is 2.08. The van der Waals surface area contributed by atoms with Gasteiger partial charge in [-0.15, -0.1) is 0 Å². The van der Waals surface area contributed by atoms with Crippen LogP contribution in [0.4, 0.5) is 5.69 Å². The van der Waals surface area contributed by atoms with Crippen molar-refractivity contribution in [3.8, 4) is 5.75 Å². The van der Waals surface area contributed by atoms with Gasteiger partial charge in [0.05, 0.1) is 11.6 Å². The summed E-state index contributed by atoms with van der Waals surface area (Å²) in [6.45, 7) is 2.00. The van der Waals surface area contributed by atoms with Crippen LogP contribution in [0.3, 0.4) is 0 Å². The Kier molecular flexibility index (Phi) is 5.50. The minimum absolute atomic E-state index is 0.857. The number of ether oxygens (including phenoxy) is 1. The predicted octanol–water partition coefficient (Wildman–Crippen LogP) is 2.48. The van der Waals surface area contributed by atoms with Gasteiger partial charge in [-0.25, -0.2) is 0 Å². The van der Waals surface area contributed by atoms with Gasteiger partial charge in [0.2, 0.25) is 0 Å². The Morgan fingerprint density at radius 2 is 2.13 bits per heavy atom. The van der Waals surface area contributed by atoms with E-state index in [1.807, 2.05) is 25.2 Å².